The molecule has 2 aromatic heterocycles. The van der Waals surface area contributed by atoms with Gasteiger partial charge in [-0.2, -0.15) is 4.37 Å². The van der Waals surface area contributed by atoms with Gasteiger partial charge in [-0.15, -0.1) is 0 Å². The molecule has 82 valence electrons. The molecule has 2 rings (SSSR count). The van der Waals surface area contributed by atoms with Gasteiger partial charge in [0.25, 0.3) is 5.91 Å². The van der Waals surface area contributed by atoms with E-state index in [4.69, 9.17) is 11.6 Å². The van der Waals surface area contributed by atoms with Crippen LogP contribution in [-0.4, -0.2) is 20.2 Å². The van der Waals surface area contributed by atoms with Crippen LogP contribution in [0.1, 0.15) is 16.3 Å². The van der Waals surface area contributed by atoms with Gasteiger partial charge in [0.15, 0.2) is 0 Å². The number of amides is 1. The fourth-order valence-electron chi connectivity index (χ4n) is 1.04. The van der Waals surface area contributed by atoms with Gasteiger partial charge in [-0.05, 0) is 19.1 Å². The van der Waals surface area contributed by atoms with E-state index in [1.54, 1.807) is 25.1 Å². The van der Waals surface area contributed by atoms with Crippen LogP contribution in [0.4, 0.5) is 5.13 Å². The molecule has 1 amide bonds. The highest BCUT2D eigenvalue weighted by atomic mass is 35.5. The van der Waals surface area contributed by atoms with Crippen molar-refractivity contribution in [2.45, 2.75) is 6.92 Å². The molecule has 16 heavy (non-hydrogen) atoms. The lowest BCUT2D eigenvalue weighted by molar-refractivity contribution is 0.102. The molecule has 0 aliphatic rings. The summed E-state index contributed by atoms with van der Waals surface area (Å²) in [5, 5.41) is 3.32. The van der Waals surface area contributed by atoms with Crippen LogP contribution in [-0.2, 0) is 0 Å². The van der Waals surface area contributed by atoms with Gasteiger partial charge in [0.1, 0.15) is 16.7 Å². The third-order valence-electron chi connectivity index (χ3n) is 1.70. The largest absolute Gasteiger partial charge is 0.295 e. The first-order valence-electron chi connectivity index (χ1n) is 4.39. The molecule has 7 heteroatoms. The Bertz CT molecular complexity index is 528. The van der Waals surface area contributed by atoms with Gasteiger partial charge >= 0.3 is 0 Å². The summed E-state index contributed by atoms with van der Waals surface area (Å²) in [4.78, 5) is 19.6. The summed E-state index contributed by atoms with van der Waals surface area (Å²) in [6.45, 7) is 1.75. The van der Waals surface area contributed by atoms with Crippen molar-refractivity contribution in [2.24, 2.45) is 0 Å². The highest BCUT2D eigenvalue weighted by molar-refractivity contribution is 7.09. The molecule has 0 aliphatic heterocycles. The Balaban J connectivity index is 2.14. The van der Waals surface area contributed by atoms with Crippen LogP contribution in [0.25, 0.3) is 0 Å². The highest BCUT2D eigenvalue weighted by Crippen LogP contribution is 2.12. The van der Waals surface area contributed by atoms with Crippen LogP contribution >= 0.6 is 23.1 Å². The van der Waals surface area contributed by atoms with Gasteiger partial charge in [0.05, 0.1) is 0 Å². The molecule has 0 radical (unpaired) electrons. The molecule has 1 N–H and O–H groups in total. The molecule has 0 aromatic carbocycles. The fraction of sp³-hybridized carbons (Fsp3) is 0.111. The maximum absolute atomic E-state index is 11.7. The Morgan fingerprint density at radius 1 is 1.44 bits per heavy atom. The first-order chi connectivity index (χ1) is 7.65. The zero-order valence-electron chi connectivity index (χ0n) is 8.27. The molecular formula is C9H7ClN4OS. The summed E-state index contributed by atoms with van der Waals surface area (Å²) in [5.41, 5.74) is 0.250. The van der Waals surface area contributed by atoms with Crippen LogP contribution in [0.3, 0.4) is 0 Å². The fourth-order valence-corrected chi connectivity index (χ4v) is 1.78. The second kappa shape index (κ2) is 4.54. The molecule has 0 atom stereocenters. The zero-order chi connectivity index (χ0) is 11.5. The van der Waals surface area contributed by atoms with E-state index in [1.807, 2.05) is 0 Å². The van der Waals surface area contributed by atoms with Crippen LogP contribution in [0.15, 0.2) is 18.2 Å². The number of carbonyl (C=O) groups is 1. The van der Waals surface area contributed by atoms with E-state index in [1.165, 1.54) is 0 Å². The van der Waals surface area contributed by atoms with Crippen molar-refractivity contribution in [3.63, 3.8) is 0 Å². The minimum Gasteiger partial charge on any atom is -0.295 e. The topological polar surface area (TPSA) is 67.8 Å². The van der Waals surface area contributed by atoms with Gasteiger partial charge in [0.2, 0.25) is 5.13 Å². The quantitative estimate of drug-likeness (QED) is 0.834. The molecule has 2 heterocycles. The number of anilines is 1. The minimum atomic E-state index is -0.348. The third-order valence-corrected chi connectivity index (χ3v) is 2.63. The predicted molar refractivity (Wildman–Crippen MR) is 61.8 cm³/mol. The van der Waals surface area contributed by atoms with Gasteiger partial charge in [-0.25, -0.2) is 9.97 Å². The average Bonchev–Trinajstić information content (AvgIpc) is 2.64. The van der Waals surface area contributed by atoms with E-state index in [9.17, 15) is 4.79 Å². The monoisotopic (exact) mass is 254 g/mol. The Morgan fingerprint density at radius 3 is 2.88 bits per heavy atom. The molecule has 0 bridgehead atoms. The van der Waals surface area contributed by atoms with Crippen molar-refractivity contribution in [1.29, 1.82) is 0 Å². The second-order valence-corrected chi connectivity index (χ2v) is 4.09. The molecule has 0 unspecified atom stereocenters. The molecule has 0 spiro atoms. The summed E-state index contributed by atoms with van der Waals surface area (Å²) < 4.78 is 3.95. The standard InChI is InChI=1S/C9H7ClN4OS/c1-5-11-9(16-14-5)13-8(15)6-3-2-4-7(10)12-6/h2-4H,1H3,(H,11,13,14,15). The van der Waals surface area contributed by atoms with Gasteiger partial charge in [0, 0.05) is 11.5 Å². The Kier molecular flexibility index (Phi) is 3.12. The number of nitrogens with zero attached hydrogens (tertiary/aromatic N) is 3. The van der Waals surface area contributed by atoms with Crippen LogP contribution < -0.4 is 5.32 Å². The molecule has 0 fully saturated rings. The number of aromatic nitrogens is 3. The summed E-state index contributed by atoms with van der Waals surface area (Å²) >= 11 is 6.80. The molecule has 0 saturated carbocycles. The van der Waals surface area contributed by atoms with Gasteiger partial charge in [-0.3, -0.25) is 10.1 Å². The SMILES string of the molecule is Cc1nsc(NC(=O)c2cccc(Cl)n2)n1. The van der Waals surface area contributed by atoms with E-state index in [0.29, 0.717) is 11.0 Å². The second-order valence-electron chi connectivity index (χ2n) is 2.95. The number of carbonyl (C=O) groups excluding carboxylic acids is 1. The number of rotatable bonds is 2. The van der Waals surface area contributed by atoms with E-state index >= 15 is 0 Å². The Hall–Kier alpha value is -1.53. The minimum absolute atomic E-state index is 0.250. The smallest absolute Gasteiger partial charge is 0.276 e. The summed E-state index contributed by atoms with van der Waals surface area (Å²) in [6, 6.07) is 4.85. The van der Waals surface area contributed by atoms with Crippen LogP contribution in [0, 0.1) is 6.92 Å². The van der Waals surface area contributed by atoms with Crippen molar-refractivity contribution < 1.29 is 4.79 Å². The van der Waals surface area contributed by atoms with Gasteiger partial charge < -0.3 is 0 Å². The normalized spacial score (nSPS) is 10.1. The summed E-state index contributed by atoms with van der Waals surface area (Å²) in [7, 11) is 0. The zero-order valence-corrected chi connectivity index (χ0v) is 9.84. The van der Waals surface area contributed by atoms with Crippen LogP contribution in [0.5, 0.6) is 0 Å². The molecule has 0 saturated heterocycles. The van der Waals surface area contributed by atoms with E-state index in [0.717, 1.165) is 11.5 Å². The summed E-state index contributed by atoms with van der Waals surface area (Å²) in [6.07, 6.45) is 0. The van der Waals surface area contributed by atoms with E-state index in [-0.39, 0.29) is 16.8 Å². The maximum atomic E-state index is 11.7. The lowest BCUT2D eigenvalue weighted by Crippen LogP contribution is -2.13. The number of nitrogens with one attached hydrogen (secondary N) is 1. The Labute approximate surface area is 101 Å². The lowest BCUT2D eigenvalue weighted by Gasteiger charge is -1.99. The number of hydrogen-bond donors (Lipinski definition) is 1. The third kappa shape index (κ3) is 2.53. The van der Waals surface area contributed by atoms with Crippen molar-refractivity contribution in [2.75, 3.05) is 5.32 Å². The number of aryl methyl sites for hydroxylation is 1. The van der Waals surface area contributed by atoms with Crippen molar-refractivity contribution in [3.8, 4) is 0 Å². The van der Waals surface area contributed by atoms with E-state index in [2.05, 4.69) is 19.7 Å². The van der Waals surface area contributed by atoms with E-state index < -0.39 is 0 Å². The van der Waals surface area contributed by atoms with Crippen molar-refractivity contribution >= 4 is 34.2 Å². The molecule has 5 nitrogen and oxygen atoms in total. The number of halogens is 1. The molecule has 2 aromatic rings. The maximum Gasteiger partial charge on any atom is 0.276 e. The van der Waals surface area contributed by atoms with Crippen molar-refractivity contribution in [3.05, 3.63) is 34.9 Å². The van der Waals surface area contributed by atoms with Gasteiger partial charge in [-0.1, -0.05) is 17.7 Å². The first kappa shape index (κ1) is 11.0. The Morgan fingerprint density at radius 2 is 2.25 bits per heavy atom. The lowest BCUT2D eigenvalue weighted by atomic mass is 10.3. The first-order valence-corrected chi connectivity index (χ1v) is 5.54. The van der Waals surface area contributed by atoms with Crippen molar-refractivity contribution in [1.82, 2.24) is 14.3 Å². The average molecular weight is 255 g/mol. The van der Waals surface area contributed by atoms with Crippen LogP contribution in [0.2, 0.25) is 5.15 Å². The number of hydrogen-bond acceptors (Lipinski definition) is 5. The molecular weight excluding hydrogens is 248 g/mol. The molecule has 0 aliphatic carbocycles. The highest BCUT2D eigenvalue weighted by Gasteiger charge is 2.10. The predicted octanol–water partition coefficient (Wildman–Crippen LogP) is 2.15. The summed E-state index contributed by atoms with van der Waals surface area (Å²) in [5.74, 6) is 0.276. The number of pyridine rings is 1.